The van der Waals surface area contributed by atoms with Crippen molar-refractivity contribution in [2.45, 2.75) is 13.0 Å². The van der Waals surface area contributed by atoms with Gasteiger partial charge in [-0.15, -0.1) is 11.3 Å². The van der Waals surface area contributed by atoms with Crippen molar-refractivity contribution in [3.63, 3.8) is 0 Å². The summed E-state index contributed by atoms with van der Waals surface area (Å²) in [5.41, 5.74) is 0. The van der Waals surface area contributed by atoms with Gasteiger partial charge >= 0.3 is 0 Å². The van der Waals surface area contributed by atoms with Crippen LogP contribution in [0.25, 0.3) is 0 Å². The van der Waals surface area contributed by atoms with Crippen LogP contribution >= 0.6 is 27.3 Å². The summed E-state index contributed by atoms with van der Waals surface area (Å²) in [6.07, 6.45) is 1.76. The van der Waals surface area contributed by atoms with E-state index in [1.165, 1.54) is 0 Å². The molecule has 0 aliphatic rings. The molecular weight excluding hydrogens is 266 g/mol. The molecule has 1 rings (SSSR count). The summed E-state index contributed by atoms with van der Waals surface area (Å²) in [6, 6.07) is 0.101. The van der Waals surface area contributed by atoms with Crippen LogP contribution in [0.4, 0.5) is 0 Å². The summed E-state index contributed by atoms with van der Waals surface area (Å²) in [5.74, 6) is -0.0209. The Balaban J connectivity index is 2.42. The Morgan fingerprint density at radius 3 is 3.00 bits per heavy atom. The Labute approximate surface area is 95.2 Å². The first kappa shape index (κ1) is 11.6. The van der Waals surface area contributed by atoms with Crippen molar-refractivity contribution < 1.29 is 4.79 Å². The van der Waals surface area contributed by atoms with Crippen LogP contribution in [0, 0.1) is 0 Å². The fourth-order valence-electron chi connectivity index (χ4n) is 0.889. The van der Waals surface area contributed by atoms with Gasteiger partial charge in [0.2, 0.25) is 5.91 Å². The van der Waals surface area contributed by atoms with Crippen LogP contribution in [0.15, 0.2) is 9.98 Å². The van der Waals surface area contributed by atoms with Crippen LogP contribution in [0.1, 0.15) is 18.0 Å². The first-order valence-corrected chi connectivity index (χ1v) is 5.79. The van der Waals surface area contributed by atoms with Crippen molar-refractivity contribution in [2.75, 3.05) is 13.6 Å². The molecule has 0 aliphatic carbocycles. The van der Waals surface area contributed by atoms with E-state index in [-0.39, 0.29) is 11.9 Å². The van der Waals surface area contributed by atoms with Gasteiger partial charge in [0.1, 0.15) is 5.01 Å². The van der Waals surface area contributed by atoms with Gasteiger partial charge < -0.3 is 5.32 Å². The molecule has 0 aliphatic heterocycles. The fourth-order valence-corrected chi connectivity index (χ4v) is 2.16. The molecule has 6 heteroatoms. The minimum absolute atomic E-state index is 0.0209. The Hall–Kier alpha value is -0.460. The van der Waals surface area contributed by atoms with Crippen molar-refractivity contribution in [1.29, 1.82) is 0 Å². The normalized spacial score (nSPS) is 12.5. The second-order valence-electron chi connectivity index (χ2n) is 2.78. The van der Waals surface area contributed by atoms with Gasteiger partial charge in [-0.1, -0.05) is 0 Å². The van der Waals surface area contributed by atoms with Gasteiger partial charge in [0.05, 0.1) is 22.6 Å². The van der Waals surface area contributed by atoms with E-state index in [0.717, 1.165) is 8.79 Å². The molecule has 0 saturated carbocycles. The molecule has 14 heavy (non-hydrogen) atoms. The van der Waals surface area contributed by atoms with Gasteiger partial charge in [0.15, 0.2) is 0 Å². The topological polar surface area (TPSA) is 54.0 Å². The Bertz CT molecular complexity index is 315. The minimum Gasteiger partial charge on any atom is -0.358 e. The molecule has 0 spiro atoms. The Morgan fingerprint density at radius 1 is 1.79 bits per heavy atom. The highest BCUT2D eigenvalue weighted by atomic mass is 79.9. The first-order valence-electron chi connectivity index (χ1n) is 4.18. The number of nitrogens with zero attached hydrogens (tertiary/aromatic N) is 1. The molecule has 0 bridgehead atoms. The Kier molecular flexibility index (Phi) is 4.50. The van der Waals surface area contributed by atoms with Crippen molar-refractivity contribution in [2.24, 2.45) is 0 Å². The molecule has 1 amide bonds. The second-order valence-corrected chi connectivity index (χ2v) is 5.22. The number of amides is 1. The summed E-state index contributed by atoms with van der Waals surface area (Å²) >= 11 is 4.91. The van der Waals surface area contributed by atoms with E-state index in [0.29, 0.717) is 6.54 Å². The van der Waals surface area contributed by atoms with E-state index >= 15 is 0 Å². The SMILES string of the molecule is CNC(=O)CNC(C)c1ncc(Br)s1. The lowest BCUT2D eigenvalue weighted by molar-refractivity contribution is -0.119. The van der Waals surface area contributed by atoms with Crippen LogP contribution in [0.3, 0.4) is 0 Å². The number of aromatic nitrogens is 1. The Morgan fingerprint density at radius 2 is 2.50 bits per heavy atom. The summed E-state index contributed by atoms with van der Waals surface area (Å²) in [4.78, 5) is 15.1. The van der Waals surface area contributed by atoms with Crippen LogP contribution in [0.5, 0.6) is 0 Å². The highest BCUT2D eigenvalue weighted by molar-refractivity contribution is 9.11. The van der Waals surface area contributed by atoms with Gasteiger partial charge in [-0.05, 0) is 22.9 Å². The lowest BCUT2D eigenvalue weighted by atomic mass is 10.3. The number of thiazole rings is 1. The molecule has 1 unspecified atom stereocenters. The lowest BCUT2D eigenvalue weighted by Gasteiger charge is -2.09. The van der Waals surface area contributed by atoms with Gasteiger partial charge in [-0.25, -0.2) is 4.98 Å². The van der Waals surface area contributed by atoms with Crippen molar-refractivity contribution in [1.82, 2.24) is 15.6 Å². The molecule has 0 saturated heterocycles. The molecule has 1 aromatic heterocycles. The highest BCUT2D eigenvalue weighted by Crippen LogP contribution is 2.23. The van der Waals surface area contributed by atoms with Gasteiger partial charge in [0, 0.05) is 7.05 Å². The van der Waals surface area contributed by atoms with Gasteiger partial charge in [0.25, 0.3) is 0 Å². The number of hydrogen-bond acceptors (Lipinski definition) is 4. The predicted octanol–water partition coefficient (Wildman–Crippen LogP) is 1.30. The maximum atomic E-state index is 11.0. The standard InChI is InChI=1S/C8H12BrN3OS/c1-5(11-4-7(13)10-2)8-12-3-6(9)14-8/h3,5,11H,4H2,1-2H3,(H,10,13). The van der Waals surface area contributed by atoms with Crippen LogP contribution < -0.4 is 10.6 Å². The molecule has 1 atom stereocenters. The number of nitrogens with one attached hydrogen (secondary N) is 2. The van der Waals surface area contributed by atoms with E-state index in [2.05, 4.69) is 31.5 Å². The van der Waals surface area contributed by atoms with Crippen LogP contribution in [-0.2, 0) is 4.79 Å². The summed E-state index contributed by atoms with van der Waals surface area (Å²) < 4.78 is 1.00. The summed E-state index contributed by atoms with van der Waals surface area (Å²) in [5, 5.41) is 6.60. The number of rotatable bonds is 4. The number of carbonyl (C=O) groups excluding carboxylic acids is 1. The molecule has 0 radical (unpaired) electrons. The van der Waals surface area contributed by atoms with Crippen molar-refractivity contribution in [3.8, 4) is 0 Å². The van der Waals surface area contributed by atoms with E-state index in [4.69, 9.17) is 0 Å². The van der Waals surface area contributed by atoms with E-state index < -0.39 is 0 Å². The second kappa shape index (κ2) is 5.43. The van der Waals surface area contributed by atoms with Gasteiger partial charge in [-0.2, -0.15) is 0 Å². The van der Waals surface area contributed by atoms with Gasteiger partial charge in [-0.3, -0.25) is 10.1 Å². The third kappa shape index (κ3) is 3.36. The smallest absolute Gasteiger partial charge is 0.233 e. The highest BCUT2D eigenvalue weighted by Gasteiger charge is 2.10. The quantitative estimate of drug-likeness (QED) is 0.873. The number of likely N-dealkylation sites (N-methyl/N-ethyl adjacent to an activating group) is 1. The van der Waals surface area contributed by atoms with Crippen molar-refractivity contribution >= 4 is 33.2 Å². The summed E-state index contributed by atoms with van der Waals surface area (Å²) in [7, 11) is 1.62. The van der Waals surface area contributed by atoms with Crippen molar-refractivity contribution in [3.05, 3.63) is 15.0 Å². The van der Waals surface area contributed by atoms with Crippen LogP contribution in [-0.4, -0.2) is 24.5 Å². The van der Waals surface area contributed by atoms with Crippen LogP contribution in [0.2, 0.25) is 0 Å². The lowest BCUT2D eigenvalue weighted by Crippen LogP contribution is -2.32. The third-order valence-corrected chi connectivity index (χ3v) is 3.37. The average molecular weight is 278 g/mol. The average Bonchev–Trinajstić information content (AvgIpc) is 2.60. The number of halogens is 1. The van der Waals surface area contributed by atoms with E-state index in [9.17, 15) is 4.79 Å². The minimum atomic E-state index is -0.0209. The zero-order valence-corrected chi connectivity index (χ0v) is 10.4. The van der Waals surface area contributed by atoms with E-state index in [1.54, 1.807) is 24.6 Å². The number of carbonyl (C=O) groups is 1. The molecule has 1 aromatic rings. The summed E-state index contributed by atoms with van der Waals surface area (Å²) in [6.45, 7) is 2.29. The molecular formula is C8H12BrN3OS. The monoisotopic (exact) mass is 277 g/mol. The molecule has 2 N–H and O–H groups in total. The molecule has 1 heterocycles. The zero-order chi connectivity index (χ0) is 10.6. The maximum Gasteiger partial charge on any atom is 0.233 e. The largest absolute Gasteiger partial charge is 0.358 e. The molecule has 78 valence electrons. The number of hydrogen-bond donors (Lipinski definition) is 2. The molecule has 4 nitrogen and oxygen atoms in total. The molecule has 0 fully saturated rings. The maximum absolute atomic E-state index is 11.0. The third-order valence-electron chi connectivity index (χ3n) is 1.71. The fraction of sp³-hybridized carbons (Fsp3) is 0.500. The zero-order valence-electron chi connectivity index (χ0n) is 8.00. The van der Waals surface area contributed by atoms with E-state index in [1.807, 2.05) is 6.92 Å². The molecule has 0 aromatic carbocycles. The first-order chi connectivity index (χ1) is 6.63. The predicted molar refractivity (Wildman–Crippen MR) is 60.3 cm³/mol.